The third kappa shape index (κ3) is 3.09. The molecule has 1 N–H and O–H groups in total. The van der Waals surface area contributed by atoms with Crippen LogP contribution in [0.5, 0.6) is 0 Å². The van der Waals surface area contributed by atoms with Crippen LogP contribution in [0.4, 0.5) is 5.69 Å². The molecule has 2 rings (SSSR count). The van der Waals surface area contributed by atoms with E-state index >= 15 is 0 Å². The molecule has 0 aromatic heterocycles. The molecule has 1 aliphatic rings. The Hall–Kier alpha value is -1.84. The molecular formula is C17H23NO3. The molecule has 0 spiro atoms. The highest BCUT2D eigenvalue weighted by atomic mass is 16.5. The van der Waals surface area contributed by atoms with Gasteiger partial charge < -0.3 is 10.1 Å². The van der Waals surface area contributed by atoms with Gasteiger partial charge in [-0.25, -0.2) is 4.79 Å². The van der Waals surface area contributed by atoms with Crippen molar-refractivity contribution in [3.63, 3.8) is 0 Å². The lowest BCUT2D eigenvalue weighted by molar-refractivity contribution is -0.125. The molecule has 1 aliphatic carbocycles. The molecule has 0 saturated heterocycles. The van der Waals surface area contributed by atoms with E-state index < -0.39 is 5.97 Å². The van der Waals surface area contributed by atoms with Crippen molar-refractivity contribution in [2.45, 2.75) is 46.0 Å². The highest BCUT2D eigenvalue weighted by Crippen LogP contribution is 2.42. The fraction of sp³-hybridized carbons (Fsp3) is 0.529. The number of carbonyl (C=O) groups is 2. The minimum absolute atomic E-state index is 0.0245. The Morgan fingerprint density at radius 3 is 2.52 bits per heavy atom. The Morgan fingerprint density at radius 2 is 1.95 bits per heavy atom. The number of methoxy groups -OCH3 is 1. The van der Waals surface area contributed by atoms with E-state index in [4.69, 9.17) is 4.74 Å². The number of ether oxygens (including phenoxy) is 1. The van der Waals surface area contributed by atoms with Gasteiger partial charge in [-0.05, 0) is 38.3 Å². The lowest BCUT2D eigenvalue weighted by atomic mass is 9.82. The van der Waals surface area contributed by atoms with Crippen LogP contribution >= 0.6 is 0 Å². The van der Waals surface area contributed by atoms with Crippen LogP contribution in [-0.4, -0.2) is 19.0 Å². The van der Waals surface area contributed by atoms with E-state index in [1.165, 1.54) is 7.11 Å². The van der Waals surface area contributed by atoms with Crippen molar-refractivity contribution in [1.82, 2.24) is 0 Å². The van der Waals surface area contributed by atoms with Crippen LogP contribution in [0.15, 0.2) is 18.2 Å². The van der Waals surface area contributed by atoms with Crippen LogP contribution in [0.3, 0.4) is 0 Å². The smallest absolute Gasteiger partial charge is 0.339 e. The maximum absolute atomic E-state index is 12.7. The van der Waals surface area contributed by atoms with Gasteiger partial charge in [-0.2, -0.15) is 0 Å². The molecule has 1 amide bonds. The minimum atomic E-state index is -0.425. The first-order chi connectivity index (χ1) is 10.0. The molecule has 1 saturated carbocycles. The summed E-state index contributed by atoms with van der Waals surface area (Å²) in [6.45, 7) is 3.96. The van der Waals surface area contributed by atoms with Crippen molar-refractivity contribution < 1.29 is 14.3 Å². The van der Waals surface area contributed by atoms with Gasteiger partial charge in [0.05, 0.1) is 18.4 Å². The molecule has 0 atom stereocenters. The van der Waals surface area contributed by atoms with E-state index in [9.17, 15) is 9.59 Å². The lowest BCUT2D eigenvalue weighted by Crippen LogP contribution is -2.33. The predicted molar refractivity (Wildman–Crippen MR) is 82.3 cm³/mol. The third-order valence-corrected chi connectivity index (χ3v) is 4.55. The summed E-state index contributed by atoms with van der Waals surface area (Å²) < 4.78 is 4.80. The van der Waals surface area contributed by atoms with Crippen LogP contribution in [0.2, 0.25) is 0 Å². The summed E-state index contributed by atoms with van der Waals surface area (Å²) in [6, 6.07) is 5.40. The summed E-state index contributed by atoms with van der Waals surface area (Å²) in [6.07, 6.45) is 4.87. The molecule has 0 unspecified atom stereocenters. The quantitative estimate of drug-likeness (QED) is 0.860. The van der Waals surface area contributed by atoms with Gasteiger partial charge in [0.15, 0.2) is 0 Å². The lowest BCUT2D eigenvalue weighted by Gasteiger charge is -2.26. The third-order valence-electron chi connectivity index (χ3n) is 4.55. The highest BCUT2D eigenvalue weighted by Gasteiger charge is 2.39. The molecule has 114 valence electrons. The monoisotopic (exact) mass is 289 g/mol. The Kier molecular flexibility index (Phi) is 4.66. The maximum atomic E-state index is 12.7. The Morgan fingerprint density at radius 1 is 1.29 bits per heavy atom. The molecular weight excluding hydrogens is 266 g/mol. The van der Waals surface area contributed by atoms with Gasteiger partial charge in [-0.15, -0.1) is 0 Å². The first kappa shape index (κ1) is 15.5. The molecule has 1 fully saturated rings. The summed E-state index contributed by atoms with van der Waals surface area (Å²) in [7, 11) is 1.35. The fourth-order valence-corrected chi connectivity index (χ4v) is 3.09. The summed E-state index contributed by atoms with van der Waals surface area (Å²) in [5, 5.41) is 2.95. The predicted octanol–water partition coefficient (Wildman–Crippen LogP) is 3.69. The zero-order valence-corrected chi connectivity index (χ0v) is 13.0. The summed E-state index contributed by atoms with van der Waals surface area (Å²) in [4.78, 5) is 24.5. The first-order valence-corrected chi connectivity index (χ1v) is 7.53. The zero-order chi connectivity index (χ0) is 15.5. The SMILES string of the molecule is CCC1(C(=O)Nc2ccc(C)cc2C(=O)OC)CCCC1. The first-order valence-electron chi connectivity index (χ1n) is 7.53. The molecule has 1 aromatic rings. The fourth-order valence-electron chi connectivity index (χ4n) is 3.09. The number of esters is 1. The zero-order valence-electron chi connectivity index (χ0n) is 13.0. The van der Waals surface area contributed by atoms with E-state index in [0.717, 1.165) is 37.7 Å². The summed E-state index contributed by atoms with van der Waals surface area (Å²) >= 11 is 0. The van der Waals surface area contributed by atoms with E-state index in [1.54, 1.807) is 12.1 Å². The van der Waals surface area contributed by atoms with Crippen LogP contribution in [0.25, 0.3) is 0 Å². The number of amides is 1. The van der Waals surface area contributed by atoms with E-state index in [2.05, 4.69) is 12.2 Å². The molecule has 21 heavy (non-hydrogen) atoms. The largest absolute Gasteiger partial charge is 0.465 e. The van der Waals surface area contributed by atoms with Crippen molar-refractivity contribution in [3.05, 3.63) is 29.3 Å². The van der Waals surface area contributed by atoms with Gasteiger partial charge >= 0.3 is 5.97 Å². The van der Waals surface area contributed by atoms with E-state index in [0.29, 0.717) is 11.3 Å². The molecule has 1 aromatic carbocycles. The van der Waals surface area contributed by atoms with Gasteiger partial charge in [-0.3, -0.25) is 4.79 Å². The minimum Gasteiger partial charge on any atom is -0.465 e. The van der Waals surface area contributed by atoms with Gasteiger partial charge in [-0.1, -0.05) is 31.4 Å². The number of hydrogen-bond acceptors (Lipinski definition) is 3. The highest BCUT2D eigenvalue weighted by molar-refractivity contribution is 6.03. The Bertz CT molecular complexity index is 545. The molecule has 0 radical (unpaired) electrons. The van der Waals surface area contributed by atoms with Gasteiger partial charge in [0.1, 0.15) is 0 Å². The van der Waals surface area contributed by atoms with Gasteiger partial charge in [0.2, 0.25) is 5.91 Å². The molecule has 0 bridgehead atoms. The van der Waals surface area contributed by atoms with Crippen LogP contribution in [0.1, 0.15) is 54.9 Å². The van der Waals surface area contributed by atoms with Crippen LogP contribution in [-0.2, 0) is 9.53 Å². The summed E-state index contributed by atoms with van der Waals surface area (Å²) in [5.41, 5.74) is 1.63. The van der Waals surface area contributed by atoms with Crippen LogP contribution < -0.4 is 5.32 Å². The number of rotatable bonds is 4. The number of nitrogens with one attached hydrogen (secondary N) is 1. The van der Waals surface area contributed by atoms with Crippen molar-refractivity contribution in [1.29, 1.82) is 0 Å². The summed E-state index contributed by atoms with van der Waals surface area (Å²) in [5.74, 6) is -0.400. The molecule has 4 heteroatoms. The van der Waals surface area contributed by atoms with Gasteiger partial charge in [0.25, 0.3) is 0 Å². The second-order valence-corrected chi connectivity index (χ2v) is 5.84. The maximum Gasteiger partial charge on any atom is 0.339 e. The van der Waals surface area contributed by atoms with Gasteiger partial charge in [0, 0.05) is 5.41 Å². The number of anilines is 1. The van der Waals surface area contributed by atoms with E-state index in [-0.39, 0.29) is 11.3 Å². The van der Waals surface area contributed by atoms with Crippen molar-refractivity contribution in [2.75, 3.05) is 12.4 Å². The number of carbonyl (C=O) groups excluding carboxylic acids is 2. The topological polar surface area (TPSA) is 55.4 Å². The molecule has 0 heterocycles. The van der Waals surface area contributed by atoms with E-state index in [1.807, 2.05) is 13.0 Å². The average Bonchev–Trinajstić information content (AvgIpc) is 2.98. The number of aryl methyl sites for hydroxylation is 1. The molecule has 0 aliphatic heterocycles. The standard InChI is InChI=1S/C17H23NO3/c1-4-17(9-5-6-10-17)16(20)18-14-8-7-12(2)11-13(14)15(19)21-3/h7-8,11H,4-6,9-10H2,1-3H3,(H,18,20). The Balaban J connectivity index is 2.27. The number of hydrogen-bond donors (Lipinski definition) is 1. The Labute approximate surface area is 125 Å². The molecule has 4 nitrogen and oxygen atoms in total. The van der Waals surface area contributed by atoms with Crippen molar-refractivity contribution in [3.8, 4) is 0 Å². The van der Waals surface area contributed by atoms with Crippen molar-refractivity contribution >= 4 is 17.6 Å². The second-order valence-electron chi connectivity index (χ2n) is 5.84. The normalized spacial score (nSPS) is 16.5. The number of benzene rings is 1. The van der Waals surface area contributed by atoms with Crippen LogP contribution in [0, 0.1) is 12.3 Å². The van der Waals surface area contributed by atoms with Crippen molar-refractivity contribution in [2.24, 2.45) is 5.41 Å². The second kappa shape index (κ2) is 6.29. The average molecular weight is 289 g/mol.